The van der Waals surface area contributed by atoms with Gasteiger partial charge in [0.05, 0.1) is 16.3 Å². The lowest BCUT2D eigenvalue weighted by molar-refractivity contribution is 0.586. The van der Waals surface area contributed by atoms with Gasteiger partial charge in [-0.25, -0.2) is 19.9 Å². The van der Waals surface area contributed by atoms with Crippen LogP contribution in [-0.2, 0) is 23.8 Å². The lowest BCUT2D eigenvalue weighted by atomic mass is 10.2. The first kappa shape index (κ1) is 19.4. The fourth-order valence-corrected chi connectivity index (χ4v) is 4.20. The summed E-state index contributed by atoms with van der Waals surface area (Å²) >= 11 is 0. The van der Waals surface area contributed by atoms with Crippen LogP contribution in [0.25, 0.3) is 11.0 Å². The SMILES string of the molecule is CCCc1nc2c(N)ncc(C)c2n1CCCCCS(=O)c1ncccn1. The number of hydrogen-bond donors (Lipinski definition) is 1. The van der Waals surface area contributed by atoms with Crippen LogP contribution in [0.3, 0.4) is 0 Å². The van der Waals surface area contributed by atoms with Crippen molar-refractivity contribution in [1.82, 2.24) is 24.5 Å². The van der Waals surface area contributed by atoms with Crippen LogP contribution in [0.4, 0.5) is 5.82 Å². The Balaban J connectivity index is 1.62. The molecule has 1 atom stereocenters. The van der Waals surface area contributed by atoms with Gasteiger partial charge in [-0.3, -0.25) is 4.21 Å². The summed E-state index contributed by atoms with van der Waals surface area (Å²) in [6.45, 7) is 5.08. The highest BCUT2D eigenvalue weighted by Gasteiger charge is 2.15. The number of fused-ring (bicyclic) bond motifs is 1. The van der Waals surface area contributed by atoms with Gasteiger partial charge < -0.3 is 10.3 Å². The van der Waals surface area contributed by atoms with Gasteiger partial charge in [0, 0.05) is 37.3 Å². The molecule has 0 radical (unpaired) electrons. The smallest absolute Gasteiger partial charge is 0.218 e. The van der Waals surface area contributed by atoms with Crippen molar-refractivity contribution in [1.29, 1.82) is 0 Å². The van der Waals surface area contributed by atoms with Gasteiger partial charge in [0.25, 0.3) is 0 Å². The van der Waals surface area contributed by atoms with Gasteiger partial charge in [-0.2, -0.15) is 0 Å². The van der Waals surface area contributed by atoms with Gasteiger partial charge >= 0.3 is 0 Å². The highest BCUT2D eigenvalue weighted by atomic mass is 32.2. The quantitative estimate of drug-likeness (QED) is 0.448. The van der Waals surface area contributed by atoms with E-state index < -0.39 is 10.8 Å². The molecule has 3 heterocycles. The van der Waals surface area contributed by atoms with E-state index in [1.807, 2.05) is 13.1 Å². The summed E-state index contributed by atoms with van der Waals surface area (Å²) in [5, 5.41) is 0.418. The van der Waals surface area contributed by atoms with Crippen molar-refractivity contribution in [2.75, 3.05) is 11.5 Å². The Hall–Kier alpha value is -2.35. The van der Waals surface area contributed by atoms with E-state index in [4.69, 9.17) is 10.7 Å². The molecule has 0 aliphatic carbocycles. The highest BCUT2D eigenvalue weighted by molar-refractivity contribution is 7.84. The zero-order valence-corrected chi connectivity index (χ0v) is 16.7. The van der Waals surface area contributed by atoms with Gasteiger partial charge in [-0.15, -0.1) is 0 Å². The third kappa shape index (κ3) is 4.50. The predicted octanol–water partition coefficient (Wildman–Crippen LogP) is 3.04. The number of pyridine rings is 1. The predicted molar refractivity (Wildman–Crippen MR) is 108 cm³/mol. The number of nitrogens with zero attached hydrogens (tertiary/aromatic N) is 5. The highest BCUT2D eigenvalue weighted by Crippen LogP contribution is 2.25. The molecule has 3 rings (SSSR count). The van der Waals surface area contributed by atoms with Crippen LogP contribution < -0.4 is 5.73 Å². The topological polar surface area (TPSA) is 99.6 Å². The molecular weight excluding hydrogens is 360 g/mol. The van der Waals surface area contributed by atoms with E-state index in [1.165, 1.54) is 0 Å². The van der Waals surface area contributed by atoms with Crippen molar-refractivity contribution in [3.63, 3.8) is 0 Å². The standard InChI is InChI=1S/C19H26N6OS/c1-3-8-15-24-16-17(14(2)13-23-18(16)20)25(15)11-5-4-6-12-27(26)19-21-9-7-10-22-19/h7,9-10,13H,3-6,8,11-12H2,1-2H3,(H2,20,23). The molecule has 0 fully saturated rings. The Bertz CT molecular complexity index is 925. The normalized spacial score (nSPS) is 12.5. The lowest BCUT2D eigenvalue weighted by Crippen LogP contribution is -2.06. The van der Waals surface area contributed by atoms with Crippen LogP contribution in [0.1, 0.15) is 44.0 Å². The maximum atomic E-state index is 12.2. The second-order valence-electron chi connectivity index (χ2n) is 6.60. The molecule has 0 aliphatic heterocycles. The van der Waals surface area contributed by atoms with E-state index in [-0.39, 0.29) is 0 Å². The van der Waals surface area contributed by atoms with Crippen LogP contribution in [0.15, 0.2) is 29.8 Å². The molecule has 0 bridgehead atoms. The average molecular weight is 387 g/mol. The number of rotatable bonds is 9. The number of imidazole rings is 1. The largest absolute Gasteiger partial charge is 0.382 e. The summed E-state index contributed by atoms with van der Waals surface area (Å²) in [4.78, 5) is 17.1. The second kappa shape index (κ2) is 9.03. The van der Waals surface area contributed by atoms with E-state index in [0.29, 0.717) is 16.7 Å². The molecule has 8 heteroatoms. The summed E-state index contributed by atoms with van der Waals surface area (Å²) in [6, 6.07) is 1.73. The van der Waals surface area contributed by atoms with Crippen molar-refractivity contribution >= 4 is 27.7 Å². The van der Waals surface area contributed by atoms with E-state index in [2.05, 4.69) is 26.4 Å². The van der Waals surface area contributed by atoms with Crippen molar-refractivity contribution in [3.05, 3.63) is 36.0 Å². The maximum absolute atomic E-state index is 12.2. The molecule has 0 spiro atoms. The number of aromatic nitrogens is 5. The average Bonchev–Trinajstić information content (AvgIpc) is 3.05. The third-order valence-corrected chi connectivity index (χ3v) is 5.77. The third-order valence-electron chi connectivity index (χ3n) is 4.49. The minimum Gasteiger partial charge on any atom is -0.382 e. The van der Waals surface area contributed by atoms with Gasteiger partial charge in [0.15, 0.2) is 5.82 Å². The molecule has 144 valence electrons. The number of hydrogen-bond acceptors (Lipinski definition) is 6. The summed E-state index contributed by atoms with van der Waals surface area (Å²) in [7, 11) is -1.13. The minimum absolute atomic E-state index is 0.418. The van der Waals surface area contributed by atoms with Crippen molar-refractivity contribution in [3.8, 4) is 0 Å². The zero-order chi connectivity index (χ0) is 19.2. The van der Waals surface area contributed by atoms with E-state index in [9.17, 15) is 4.21 Å². The summed E-state index contributed by atoms with van der Waals surface area (Å²) < 4.78 is 14.5. The van der Waals surface area contributed by atoms with Crippen LogP contribution in [0, 0.1) is 6.92 Å². The number of nitrogen functional groups attached to an aromatic ring is 1. The number of anilines is 1. The number of aryl methyl sites for hydroxylation is 3. The van der Waals surface area contributed by atoms with Crippen molar-refractivity contribution < 1.29 is 4.21 Å². The van der Waals surface area contributed by atoms with Gasteiger partial charge in [-0.05, 0) is 37.8 Å². The molecule has 0 aromatic carbocycles. The molecule has 0 saturated heterocycles. The molecule has 3 aromatic heterocycles. The Kier molecular flexibility index (Phi) is 6.49. The minimum atomic E-state index is -1.13. The first-order valence-electron chi connectivity index (χ1n) is 9.37. The number of unbranched alkanes of at least 4 members (excludes halogenated alkanes) is 2. The Morgan fingerprint density at radius 2 is 1.93 bits per heavy atom. The first-order valence-corrected chi connectivity index (χ1v) is 10.7. The second-order valence-corrected chi connectivity index (χ2v) is 8.06. The van der Waals surface area contributed by atoms with E-state index in [0.717, 1.165) is 61.1 Å². The maximum Gasteiger partial charge on any atom is 0.218 e. The lowest BCUT2D eigenvalue weighted by Gasteiger charge is -2.10. The molecule has 3 aromatic rings. The molecular formula is C19H26N6OS. The monoisotopic (exact) mass is 386 g/mol. The summed E-state index contributed by atoms with van der Waals surface area (Å²) in [5.74, 6) is 2.15. The Morgan fingerprint density at radius 1 is 1.15 bits per heavy atom. The molecule has 2 N–H and O–H groups in total. The van der Waals surface area contributed by atoms with Crippen LogP contribution in [0.5, 0.6) is 0 Å². The van der Waals surface area contributed by atoms with Crippen LogP contribution >= 0.6 is 0 Å². The fraction of sp³-hybridized carbons (Fsp3) is 0.474. The molecule has 1 unspecified atom stereocenters. The van der Waals surface area contributed by atoms with Crippen molar-refractivity contribution in [2.24, 2.45) is 0 Å². The van der Waals surface area contributed by atoms with Gasteiger partial charge in [0.2, 0.25) is 5.16 Å². The Labute approximate surface area is 161 Å². The molecule has 0 amide bonds. The molecule has 27 heavy (non-hydrogen) atoms. The molecule has 7 nitrogen and oxygen atoms in total. The van der Waals surface area contributed by atoms with Crippen LogP contribution in [0.2, 0.25) is 0 Å². The fourth-order valence-electron chi connectivity index (χ4n) is 3.20. The zero-order valence-electron chi connectivity index (χ0n) is 15.9. The summed E-state index contributed by atoms with van der Waals surface area (Å²) in [5.41, 5.74) is 9.03. The Morgan fingerprint density at radius 3 is 2.67 bits per heavy atom. The molecule has 0 saturated carbocycles. The van der Waals surface area contributed by atoms with Gasteiger partial charge in [0.1, 0.15) is 11.3 Å². The van der Waals surface area contributed by atoms with E-state index in [1.54, 1.807) is 18.5 Å². The number of nitrogens with two attached hydrogens (primary N) is 1. The van der Waals surface area contributed by atoms with E-state index >= 15 is 0 Å². The summed E-state index contributed by atoms with van der Waals surface area (Å²) in [6.07, 6.45) is 9.89. The van der Waals surface area contributed by atoms with Crippen molar-refractivity contribution in [2.45, 2.75) is 57.7 Å². The van der Waals surface area contributed by atoms with Crippen LogP contribution in [-0.4, -0.2) is 34.5 Å². The van der Waals surface area contributed by atoms with Gasteiger partial charge in [-0.1, -0.05) is 13.3 Å². The molecule has 0 aliphatic rings. The first-order chi connectivity index (χ1) is 13.1.